The zero-order chi connectivity index (χ0) is 16.2. The van der Waals surface area contributed by atoms with Gasteiger partial charge >= 0.3 is 0 Å². The average Bonchev–Trinajstić information content (AvgIpc) is 3.21. The van der Waals surface area contributed by atoms with Crippen molar-refractivity contribution in [1.82, 2.24) is 25.6 Å². The smallest absolute Gasteiger partial charge is 0.269 e. The number of aromatic amines is 1. The lowest BCUT2D eigenvalue weighted by atomic mass is 10.1. The normalized spacial score (nSPS) is 10.7. The number of Topliss-reactive ketones (excluding diaryl/α,β-unsaturated/α-hetero) is 2. The minimum atomic E-state index is -0.799. The minimum Gasteiger partial charge on any atom is -0.290 e. The number of nitrogens with zero attached hydrogens (tertiary/aromatic N) is 4. The Bertz CT molecular complexity index is 829. The lowest BCUT2D eigenvalue weighted by Gasteiger charge is -1.97. The van der Waals surface area contributed by atoms with Gasteiger partial charge in [-0.15, -0.1) is 21.5 Å². The number of aromatic nitrogens is 5. The number of hydrogen-bond donors (Lipinski definition) is 1. The van der Waals surface area contributed by atoms with Crippen LogP contribution < -0.4 is 0 Å². The molecule has 0 aliphatic carbocycles. The number of halogens is 1. The van der Waals surface area contributed by atoms with Gasteiger partial charge in [-0.05, 0) is 22.9 Å². The molecule has 0 amide bonds. The quantitative estimate of drug-likeness (QED) is 0.541. The summed E-state index contributed by atoms with van der Waals surface area (Å²) >= 11 is 1.38. The predicted molar refractivity (Wildman–Crippen MR) is 78.5 cm³/mol. The van der Waals surface area contributed by atoms with E-state index in [1.54, 1.807) is 17.5 Å². The van der Waals surface area contributed by atoms with E-state index in [4.69, 9.17) is 0 Å². The third kappa shape index (κ3) is 3.69. The van der Waals surface area contributed by atoms with Gasteiger partial charge in [0.2, 0.25) is 11.6 Å². The lowest BCUT2D eigenvalue weighted by molar-refractivity contribution is -0.114. The van der Waals surface area contributed by atoms with Crippen molar-refractivity contribution in [3.05, 3.63) is 57.6 Å². The topological polar surface area (TPSA) is 101 Å². The molecule has 0 unspecified atom stereocenters. The van der Waals surface area contributed by atoms with Gasteiger partial charge in [-0.25, -0.2) is 9.37 Å². The highest BCUT2D eigenvalue weighted by Gasteiger charge is 2.21. The maximum atomic E-state index is 12.9. The summed E-state index contributed by atoms with van der Waals surface area (Å²) in [5.41, 5.74) is 1.43. The van der Waals surface area contributed by atoms with Gasteiger partial charge in [-0.3, -0.25) is 9.59 Å². The number of benzene rings is 1. The molecule has 2 heterocycles. The first-order valence-electron chi connectivity index (χ1n) is 6.60. The summed E-state index contributed by atoms with van der Waals surface area (Å²) < 4.78 is 12.9. The molecular weight excluding hydrogens is 321 g/mol. The van der Waals surface area contributed by atoms with E-state index in [0.717, 1.165) is 10.6 Å². The molecule has 0 saturated heterocycles. The Balaban J connectivity index is 1.64. The molecule has 0 radical (unpaired) electrons. The van der Waals surface area contributed by atoms with Crippen LogP contribution in [-0.2, 0) is 17.6 Å². The molecule has 23 heavy (non-hydrogen) atoms. The van der Waals surface area contributed by atoms with Crippen LogP contribution in [-0.4, -0.2) is 37.2 Å². The second-order valence-electron chi connectivity index (χ2n) is 4.70. The Hall–Kier alpha value is -2.81. The summed E-state index contributed by atoms with van der Waals surface area (Å²) in [5.74, 6) is -1.99. The highest BCUT2D eigenvalue weighted by molar-refractivity contribution is 7.09. The second kappa shape index (κ2) is 6.53. The monoisotopic (exact) mass is 331 g/mol. The van der Waals surface area contributed by atoms with Crippen molar-refractivity contribution in [2.45, 2.75) is 12.8 Å². The van der Waals surface area contributed by atoms with Crippen molar-refractivity contribution >= 4 is 22.9 Å². The molecule has 1 N–H and O–H groups in total. The Kier molecular flexibility index (Phi) is 4.29. The van der Waals surface area contributed by atoms with Crippen LogP contribution in [0, 0.1) is 5.82 Å². The van der Waals surface area contributed by atoms with E-state index in [-0.39, 0.29) is 18.1 Å². The summed E-state index contributed by atoms with van der Waals surface area (Å²) in [6.45, 7) is 0. The Labute approximate surface area is 133 Å². The number of carbonyl (C=O) groups excluding carboxylic acids is 2. The fourth-order valence-corrected chi connectivity index (χ4v) is 2.74. The molecule has 2 aromatic heterocycles. The number of tetrazole rings is 1. The molecule has 0 aliphatic heterocycles. The summed E-state index contributed by atoms with van der Waals surface area (Å²) in [4.78, 5) is 27.9. The van der Waals surface area contributed by atoms with Gasteiger partial charge in [0.1, 0.15) is 5.82 Å². The van der Waals surface area contributed by atoms with Gasteiger partial charge in [0.25, 0.3) is 5.78 Å². The zero-order valence-electron chi connectivity index (χ0n) is 11.7. The van der Waals surface area contributed by atoms with Crippen LogP contribution in [0.3, 0.4) is 0 Å². The SMILES string of the molecule is O=C(Cc1csc(Cc2ccc(F)cc2)n1)C(=O)c1nn[nH]n1. The second-order valence-corrected chi connectivity index (χ2v) is 5.64. The van der Waals surface area contributed by atoms with Crippen LogP contribution in [0.1, 0.15) is 26.9 Å². The molecule has 3 rings (SSSR count). The largest absolute Gasteiger partial charge is 0.290 e. The molecular formula is C14H10FN5O2S. The predicted octanol–water partition coefficient (Wildman–Crippen LogP) is 1.38. The maximum absolute atomic E-state index is 12.9. The zero-order valence-corrected chi connectivity index (χ0v) is 12.5. The molecule has 0 saturated carbocycles. The van der Waals surface area contributed by atoms with E-state index >= 15 is 0 Å². The Morgan fingerprint density at radius 1 is 1.22 bits per heavy atom. The fraction of sp³-hybridized carbons (Fsp3) is 0.143. The van der Waals surface area contributed by atoms with Gasteiger partial charge in [-0.2, -0.15) is 5.21 Å². The van der Waals surface area contributed by atoms with E-state index in [1.165, 1.54) is 23.5 Å². The van der Waals surface area contributed by atoms with Gasteiger partial charge in [0, 0.05) is 11.8 Å². The van der Waals surface area contributed by atoms with E-state index in [9.17, 15) is 14.0 Å². The number of ketones is 2. The average molecular weight is 331 g/mol. The molecule has 7 nitrogen and oxygen atoms in total. The van der Waals surface area contributed by atoms with Crippen molar-refractivity contribution in [2.75, 3.05) is 0 Å². The third-order valence-electron chi connectivity index (χ3n) is 3.01. The molecule has 3 aromatic rings. The molecule has 0 atom stereocenters. The first-order chi connectivity index (χ1) is 11.1. The molecule has 0 spiro atoms. The highest BCUT2D eigenvalue weighted by atomic mass is 32.1. The number of H-pyrrole nitrogens is 1. The fourth-order valence-electron chi connectivity index (χ4n) is 1.92. The van der Waals surface area contributed by atoms with Crippen LogP contribution in [0.25, 0.3) is 0 Å². The minimum absolute atomic E-state index is 0.118. The van der Waals surface area contributed by atoms with Crippen LogP contribution in [0.15, 0.2) is 29.6 Å². The molecule has 0 bridgehead atoms. The van der Waals surface area contributed by atoms with E-state index in [1.807, 2.05) is 0 Å². The van der Waals surface area contributed by atoms with Crippen molar-refractivity contribution in [3.63, 3.8) is 0 Å². The molecule has 9 heteroatoms. The van der Waals surface area contributed by atoms with Gasteiger partial charge in [0.15, 0.2) is 0 Å². The van der Waals surface area contributed by atoms with Gasteiger partial charge in [-0.1, -0.05) is 12.1 Å². The molecule has 0 fully saturated rings. The molecule has 0 aliphatic rings. The summed E-state index contributed by atoms with van der Waals surface area (Å²) in [7, 11) is 0. The van der Waals surface area contributed by atoms with Crippen LogP contribution in [0.5, 0.6) is 0 Å². The molecule has 116 valence electrons. The van der Waals surface area contributed by atoms with Gasteiger partial charge < -0.3 is 0 Å². The lowest BCUT2D eigenvalue weighted by Crippen LogP contribution is -2.18. The Morgan fingerprint density at radius 3 is 2.70 bits per heavy atom. The van der Waals surface area contributed by atoms with Crippen molar-refractivity contribution in [1.29, 1.82) is 0 Å². The first-order valence-corrected chi connectivity index (χ1v) is 7.48. The van der Waals surface area contributed by atoms with Crippen molar-refractivity contribution in [3.8, 4) is 0 Å². The van der Waals surface area contributed by atoms with Gasteiger partial charge in [0.05, 0.1) is 17.1 Å². The highest BCUT2D eigenvalue weighted by Crippen LogP contribution is 2.16. The third-order valence-corrected chi connectivity index (χ3v) is 3.91. The summed E-state index contributed by atoms with van der Waals surface area (Å²) in [6.07, 6.45) is 0.422. The summed E-state index contributed by atoms with van der Waals surface area (Å²) in [6, 6.07) is 6.14. The van der Waals surface area contributed by atoms with Crippen LogP contribution in [0.2, 0.25) is 0 Å². The number of nitrogens with one attached hydrogen (secondary N) is 1. The molecule has 1 aromatic carbocycles. The van der Waals surface area contributed by atoms with E-state index in [2.05, 4.69) is 25.6 Å². The van der Waals surface area contributed by atoms with E-state index in [0.29, 0.717) is 12.1 Å². The first kappa shape index (κ1) is 15.1. The van der Waals surface area contributed by atoms with Crippen LogP contribution >= 0.6 is 11.3 Å². The summed E-state index contributed by atoms with van der Waals surface area (Å²) in [5, 5.41) is 14.8. The van der Waals surface area contributed by atoms with Crippen LogP contribution in [0.4, 0.5) is 4.39 Å². The standard InChI is InChI=1S/C14H10FN5O2S/c15-9-3-1-8(2-4-9)5-12-16-10(7-23-12)6-11(21)13(22)14-17-19-20-18-14/h1-4,7H,5-6H2,(H,17,18,19,20). The number of thiazole rings is 1. The number of carbonyl (C=O) groups is 2. The van der Waals surface area contributed by atoms with Crippen molar-refractivity contribution in [2.24, 2.45) is 0 Å². The maximum Gasteiger partial charge on any atom is 0.269 e. The van der Waals surface area contributed by atoms with E-state index < -0.39 is 11.6 Å². The number of rotatable bonds is 6. The van der Waals surface area contributed by atoms with Crippen molar-refractivity contribution < 1.29 is 14.0 Å². The Morgan fingerprint density at radius 2 is 2.00 bits per heavy atom. The number of hydrogen-bond acceptors (Lipinski definition) is 7.